The molecule has 0 aliphatic carbocycles. The Morgan fingerprint density at radius 3 is 2.68 bits per heavy atom. The largest absolute Gasteiger partial charge is 0.498 e. The molecule has 3 aliphatic heterocycles. The summed E-state index contributed by atoms with van der Waals surface area (Å²) >= 11 is 0. The number of fused-ring (bicyclic) bond motifs is 1. The summed E-state index contributed by atoms with van der Waals surface area (Å²) in [6.07, 6.45) is 2.60. The van der Waals surface area contributed by atoms with Crippen LogP contribution in [0.25, 0.3) is 5.57 Å². The van der Waals surface area contributed by atoms with Crippen LogP contribution in [0.3, 0.4) is 0 Å². The van der Waals surface area contributed by atoms with Gasteiger partial charge in [0.25, 0.3) is 0 Å². The smallest absolute Gasteiger partial charge is 0.417 e. The van der Waals surface area contributed by atoms with Gasteiger partial charge in [-0.2, -0.15) is 13.2 Å². The number of alkyl halides is 3. The molecule has 2 aromatic rings. The van der Waals surface area contributed by atoms with E-state index in [-0.39, 0.29) is 35.4 Å². The van der Waals surface area contributed by atoms with E-state index in [9.17, 15) is 22.0 Å². The second-order valence-corrected chi connectivity index (χ2v) is 9.88. The highest BCUT2D eigenvalue weighted by molar-refractivity contribution is 6.43. The molecule has 5 nitrogen and oxygen atoms in total. The normalized spacial score (nSPS) is 19.2. The third-order valence-electron chi connectivity index (χ3n) is 7.02. The van der Waals surface area contributed by atoms with Crippen molar-refractivity contribution in [1.82, 2.24) is 0 Å². The van der Waals surface area contributed by atoms with Crippen molar-refractivity contribution in [3.63, 3.8) is 0 Å². The first-order valence-electron chi connectivity index (χ1n) is 13.4. The minimum atomic E-state index is -4.57. The zero-order valence-electron chi connectivity index (χ0n) is 22.6. The lowest BCUT2D eigenvalue weighted by Gasteiger charge is -2.18. The van der Waals surface area contributed by atoms with Crippen LogP contribution >= 0.6 is 0 Å². The predicted octanol–water partition coefficient (Wildman–Crippen LogP) is 7.87. The summed E-state index contributed by atoms with van der Waals surface area (Å²) in [5.41, 5.74) is 1.51. The van der Waals surface area contributed by atoms with Crippen molar-refractivity contribution >= 4 is 23.3 Å². The molecule has 3 heterocycles. The summed E-state index contributed by atoms with van der Waals surface area (Å²) < 4.78 is 81.5. The molecule has 0 saturated heterocycles. The summed E-state index contributed by atoms with van der Waals surface area (Å²) in [6, 6.07) is 7.63. The Hall–Kier alpha value is -4.08. The van der Waals surface area contributed by atoms with Gasteiger partial charge in [0.2, 0.25) is 0 Å². The van der Waals surface area contributed by atoms with Crippen LogP contribution in [0.4, 0.5) is 22.0 Å². The van der Waals surface area contributed by atoms with Gasteiger partial charge in [-0.25, -0.2) is 18.8 Å². The Labute approximate surface area is 234 Å². The van der Waals surface area contributed by atoms with E-state index in [1.807, 2.05) is 13.0 Å². The van der Waals surface area contributed by atoms with Crippen LogP contribution in [0.15, 0.2) is 80.6 Å². The molecule has 214 valence electrons. The SMILES string of the molecule is CCOc1ccc(C2=C(C)CCOC(CC3CCC=C4N=C(c5cccc(F)c5F)N=C4C=N3)=C2)c(C(F)(F)F)c1. The molecule has 41 heavy (non-hydrogen) atoms. The molecule has 10 heteroatoms. The Kier molecular flexibility index (Phi) is 8.19. The molecule has 0 bridgehead atoms. The fourth-order valence-electron chi connectivity index (χ4n) is 4.93. The van der Waals surface area contributed by atoms with Crippen molar-refractivity contribution in [3.05, 3.63) is 93.9 Å². The van der Waals surface area contributed by atoms with E-state index in [1.165, 1.54) is 18.2 Å². The maximum atomic E-state index is 14.3. The van der Waals surface area contributed by atoms with Gasteiger partial charge in [0.15, 0.2) is 17.5 Å². The van der Waals surface area contributed by atoms with Crippen LogP contribution < -0.4 is 4.74 Å². The molecule has 2 aromatic carbocycles. The van der Waals surface area contributed by atoms with Crippen molar-refractivity contribution in [2.24, 2.45) is 15.0 Å². The number of hydrogen-bond donors (Lipinski definition) is 0. The minimum Gasteiger partial charge on any atom is -0.498 e. The molecule has 3 aliphatic rings. The summed E-state index contributed by atoms with van der Waals surface area (Å²) in [4.78, 5) is 13.4. The molecular weight excluding hydrogens is 541 g/mol. The number of hydrogen-bond acceptors (Lipinski definition) is 5. The van der Waals surface area contributed by atoms with E-state index in [4.69, 9.17) is 9.47 Å². The van der Waals surface area contributed by atoms with Gasteiger partial charge in [0.05, 0.1) is 41.8 Å². The fraction of sp³-hybridized carbons (Fsp3) is 0.323. The first kappa shape index (κ1) is 28.4. The van der Waals surface area contributed by atoms with Gasteiger partial charge in [-0.3, -0.25) is 4.99 Å². The highest BCUT2D eigenvalue weighted by Gasteiger charge is 2.35. The van der Waals surface area contributed by atoms with Gasteiger partial charge in [-0.1, -0.05) is 23.8 Å². The van der Waals surface area contributed by atoms with E-state index in [2.05, 4.69) is 15.0 Å². The lowest BCUT2D eigenvalue weighted by Crippen LogP contribution is -2.13. The van der Waals surface area contributed by atoms with Crippen LogP contribution in [0.2, 0.25) is 0 Å². The summed E-state index contributed by atoms with van der Waals surface area (Å²) in [6.45, 7) is 4.13. The molecule has 0 aromatic heterocycles. The van der Waals surface area contributed by atoms with Crippen molar-refractivity contribution in [2.75, 3.05) is 13.2 Å². The van der Waals surface area contributed by atoms with Crippen molar-refractivity contribution in [3.8, 4) is 5.75 Å². The van der Waals surface area contributed by atoms with Gasteiger partial charge < -0.3 is 9.47 Å². The zero-order valence-corrected chi connectivity index (χ0v) is 22.6. The Morgan fingerprint density at radius 1 is 1.07 bits per heavy atom. The molecule has 1 unspecified atom stereocenters. The summed E-state index contributed by atoms with van der Waals surface area (Å²) in [7, 11) is 0. The van der Waals surface area contributed by atoms with Crippen LogP contribution in [0.5, 0.6) is 5.75 Å². The molecule has 0 amide bonds. The lowest BCUT2D eigenvalue weighted by atomic mass is 9.93. The standard InChI is InChI=1S/C31H28F5N3O2/c1-3-40-20-10-11-22(25(16-20)31(34,35)36)24-15-21(41-13-12-18(24)2)14-19-6-4-9-27-28(17-37-19)39-30(38-27)23-7-5-8-26(32)29(23)33/h5,7-11,15-17,19H,3-4,6,12-14H2,1-2H3. The second-order valence-electron chi connectivity index (χ2n) is 9.88. The quantitative estimate of drug-likeness (QED) is 0.333. The van der Waals surface area contributed by atoms with Gasteiger partial charge in [-0.05, 0) is 68.2 Å². The van der Waals surface area contributed by atoms with E-state index in [0.29, 0.717) is 55.0 Å². The molecule has 0 spiro atoms. The van der Waals surface area contributed by atoms with Gasteiger partial charge in [0.1, 0.15) is 11.5 Å². The zero-order chi connectivity index (χ0) is 29.1. The van der Waals surface area contributed by atoms with Crippen LogP contribution in [0.1, 0.15) is 56.2 Å². The van der Waals surface area contributed by atoms with Crippen molar-refractivity contribution in [1.29, 1.82) is 0 Å². The average molecular weight is 570 g/mol. The number of benzene rings is 2. The average Bonchev–Trinajstić information content (AvgIpc) is 3.21. The molecule has 0 radical (unpaired) electrons. The van der Waals surface area contributed by atoms with Gasteiger partial charge in [-0.15, -0.1) is 0 Å². The molecule has 5 rings (SSSR count). The van der Waals surface area contributed by atoms with Crippen LogP contribution in [0, 0.1) is 11.6 Å². The maximum Gasteiger partial charge on any atom is 0.417 e. The van der Waals surface area contributed by atoms with E-state index in [0.717, 1.165) is 17.7 Å². The van der Waals surface area contributed by atoms with Crippen molar-refractivity contribution < 1.29 is 31.4 Å². The fourth-order valence-corrected chi connectivity index (χ4v) is 4.93. The second kappa shape index (κ2) is 11.8. The molecular formula is C31H28F5N3O2. The minimum absolute atomic E-state index is 0.0330. The highest BCUT2D eigenvalue weighted by Crippen LogP contribution is 2.40. The first-order valence-corrected chi connectivity index (χ1v) is 13.4. The number of allylic oxidation sites excluding steroid dienone is 4. The van der Waals surface area contributed by atoms with Gasteiger partial charge in [0, 0.05) is 19.1 Å². The number of ether oxygens (including phenoxy) is 2. The Balaban J connectivity index is 1.40. The Bertz CT molecular complexity index is 1530. The highest BCUT2D eigenvalue weighted by atomic mass is 19.4. The third kappa shape index (κ3) is 6.31. The topological polar surface area (TPSA) is 55.5 Å². The predicted molar refractivity (Wildman–Crippen MR) is 148 cm³/mol. The van der Waals surface area contributed by atoms with Crippen LogP contribution in [-0.2, 0) is 10.9 Å². The number of rotatable bonds is 6. The molecule has 0 N–H and O–H groups in total. The van der Waals surface area contributed by atoms with E-state index < -0.39 is 23.4 Å². The maximum absolute atomic E-state index is 14.3. The van der Waals surface area contributed by atoms with E-state index in [1.54, 1.807) is 25.3 Å². The summed E-state index contributed by atoms with van der Waals surface area (Å²) in [5, 5.41) is 0. The number of halogens is 5. The number of aliphatic imine (C=N–C) groups is 3. The van der Waals surface area contributed by atoms with E-state index >= 15 is 0 Å². The Morgan fingerprint density at radius 2 is 1.90 bits per heavy atom. The first-order chi connectivity index (χ1) is 19.6. The summed E-state index contributed by atoms with van der Waals surface area (Å²) in [5.74, 6) is -1.22. The van der Waals surface area contributed by atoms with Crippen molar-refractivity contribution in [2.45, 2.75) is 51.7 Å². The molecule has 0 saturated carbocycles. The molecule has 1 atom stereocenters. The third-order valence-corrected chi connectivity index (χ3v) is 7.02. The van der Waals surface area contributed by atoms with Crippen LogP contribution in [-0.4, -0.2) is 37.0 Å². The number of nitrogens with zero attached hydrogens (tertiary/aromatic N) is 3. The number of amidine groups is 1. The monoisotopic (exact) mass is 569 g/mol. The lowest BCUT2D eigenvalue weighted by molar-refractivity contribution is -0.137. The molecule has 0 fully saturated rings. The van der Waals surface area contributed by atoms with Gasteiger partial charge >= 0.3 is 6.18 Å².